The summed E-state index contributed by atoms with van der Waals surface area (Å²) in [4.78, 5) is 14.4. The van der Waals surface area contributed by atoms with Crippen LogP contribution in [0.25, 0.3) is 0 Å². The maximum absolute atomic E-state index is 12.5. The highest BCUT2D eigenvalue weighted by Crippen LogP contribution is 2.36. The van der Waals surface area contributed by atoms with Crippen LogP contribution in [0.2, 0.25) is 0 Å². The average molecular weight is 299 g/mol. The largest absolute Gasteiger partial charge is 0.388 e. The van der Waals surface area contributed by atoms with Gasteiger partial charge in [-0.05, 0) is 50.5 Å². The molecule has 1 saturated carbocycles. The van der Waals surface area contributed by atoms with E-state index in [0.717, 1.165) is 24.9 Å². The highest BCUT2D eigenvalue weighted by atomic mass is 16.3. The Bertz CT molecular complexity index is 548. The lowest BCUT2D eigenvalue weighted by molar-refractivity contribution is -0.127. The number of hydrogen-bond acceptors (Lipinski definition) is 2. The lowest BCUT2D eigenvalue weighted by Gasteiger charge is -2.26. The quantitative estimate of drug-likeness (QED) is 0.846. The lowest BCUT2D eigenvalue weighted by Crippen LogP contribution is -2.35. The monoisotopic (exact) mass is 299 g/mol. The summed E-state index contributed by atoms with van der Waals surface area (Å²) in [5, 5.41) is 10.4. The fraction of sp³-hybridized carbons (Fsp3) is 0.526. The predicted molar refractivity (Wildman–Crippen MR) is 87.2 cm³/mol. The molecule has 0 spiro atoms. The summed E-state index contributed by atoms with van der Waals surface area (Å²) in [6.07, 6.45) is 6.45. The van der Waals surface area contributed by atoms with Crippen molar-refractivity contribution in [2.75, 3.05) is 6.54 Å². The van der Waals surface area contributed by atoms with Gasteiger partial charge in [-0.2, -0.15) is 0 Å². The average Bonchev–Trinajstić information content (AvgIpc) is 3.28. The first-order valence-electron chi connectivity index (χ1n) is 8.37. The molecule has 0 bridgehead atoms. The number of carbonyl (C=O) groups is 1. The number of allylic oxidation sites excluding steroid dienone is 1. The maximum Gasteiger partial charge on any atom is 0.246 e. The van der Waals surface area contributed by atoms with Crippen molar-refractivity contribution in [3.63, 3.8) is 0 Å². The minimum atomic E-state index is -0.492. The van der Waals surface area contributed by atoms with Crippen molar-refractivity contribution in [1.29, 1.82) is 0 Å². The van der Waals surface area contributed by atoms with Crippen LogP contribution in [0.5, 0.6) is 0 Å². The van der Waals surface area contributed by atoms with E-state index in [-0.39, 0.29) is 11.9 Å². The van der Waals surface area contributed by atoms with Crippen LogP contribution < -0.4 is 0 Å². The van der Waals surface area contributed by atoms with Crippen molar-refractivity contribution >= 4 is 5.91 Å². The lowest BCUT2D eigenvalue weighted by atomic mass is 10.0. The van der Waals surface area contributed by atoms with Gasteiger partial charge in [0.15, 0.2) is 0 Å². The summed E-state index contributed by atoms with van der Waals surface area (Å²) in [6, 6.07) is 9.89. The van der Waals surface area contributed by atoms with Gasteiger partial charge in [-0.1, -0.05) is 35.9 Å². The molecule has 3 heteroatoms. The van der Waals surface area contributed by atoms with E-state index in [4.69, 9.17) is 0 Å². The zero-order chi connectivity index (χ0) is 15.5. The molecule has 0 radical (unpaired) electrons. The molecule has 2 atom stereocenters. The van der Waals surface area contributed by atoms with E-state index in [1.54, 1.807) is 0 Å². The normalized spacial score (nSPS) is 23.6. The summed E-state index contributed by atoms with van der Waals surface area (Å²) in [6.45, 7) is 2.89. The van der Waals surface area contributed by atoms with Crippen molar-refractivity contribution in [1.82, 2.24) is 4.90 Å². The third-order valence-corrected chi connectivity index (χ3v) is 4.91. The number of aliphatic hydroxyl groups is 1. The first-order chi connectivity index (χ1) is 10.6. The number of benzene rings is 1. The summed E-state index contributed by atoms with van der Waals surface area (Å²) in [7, 11) is 0. The second-order valence-corrected chi connectivity index (χ2v) is 6.65. The molecule has 1 amide bonds. The van der Waals surface area contributed by atoms with E-state index < -0.39 is 6.10 Å². The Labute approximate surface area is 132 Å². The zero-order valence-electron chi connectivity index (χ0n) is 13.2. The van der Waals surface area contributed by atoms with Gasteiger partial charge < -0.3 is 10.0 Å². The Morgan fingerprint density at radius 1 is 1.32 bits per heavy atom. The van der Waals surface area contributed by atoms with E-state index in [0.29, 0.717) is 12.3 Å². The molecule has 1 N–H and O–H groups in total. The summed E-state index contributed by atoms with van der Waals surface area (Å²) in [5.74, 6) is 0.770. The van der Waals surface area contributed by atoms with Gasteiger partial charge in [0.1, 0.15) is 0 Å². The van der Waals surface area contributed by atoms with Crippen LogP contribution in [0.4, 0.5) is 0 Å². The summed E-state index contributed by atoms with van der Waals surface area (Å²) < 4.78 is 0. The minimum absolute atomic E-state index is 0.132. The van der Waals surface area contributed by atoms with Crippen LogP contribution in [0.3, 0.4) is 0 Å². The molecule has 1 aromatic rings. The van der Waals surface area contributed by atoms with Crippen LogP contribution in [0, 0.1) is 5.92 Å². The highest BCUT2D eigenvalue weighted by Gasteiger charge is 2.31. The van der Waals surface area contributed by atoms with E-state index in [1.807, 2.05) is 41.3 Å². The van der Waals surface area contributed by atoms with E-state index in [2.05, 4.69) is 6.92 Å². The fourth-order valence-corrected chi connectivity index (χ4v) is 3.37. The van der Waals surface area contributed by atoms with Crippen molar-refractivity contribution in [3.05, 3.63) is 47.5 Å². The predicted octanol–water partition coefficient (Wildman–Crippen LogP) is 3.46. The van der Waals surface area contributed by atoms with Crippen molar-refractivity contribution < 1.29 is 9.90 Å². The summed E-state index contributed by atoms with van der Waals surface area (Å²) in [5.41, 5.74) is 2.16. The molecular formula is C19H25NO2. The van der Waals surface area contributed by atoms with Crippen LogP contribution in [0.1, 0.15) is 50.7 Å². The first kappa shape index (κ1) is 15.3. The number of rotatable bonds is 5. The minimum Gasteiger partial charge on any atom is -0.388 e. The van der Waals surface area contributed by atoms with Crippen LogP contribution in [0.15, 0.2) is 42.0 Å². The molecule has 118 valence electrons. The molecule has 1 saturated heterocycles. The molecule has 1 aliphatic carbocycles. The molecule has 3 rings (SSSR count). The molecule has 2 unspecified atom stereocenters. The fourth-order valence-electron chi connectivity index (χ4n) is 3.37. The van der Waals surface area contributed by atoms with Crippen LogP contribution >= 0.6 is 0 Å². The Morgan fingerprint density at radius 3 is 2.73 bits per heavy atom. The first-order valence-corrected chi connectivity index (χ1v) is 8.37. The van der Waals surface area contributed by atoms with Gasteiger partial charge in [0.05, 0.1) is 6.10 Å². The molecular weight excluding hydrogens is 274 g/mol. The van der Waals surface area contributed by atoms with E-state index >= 15 is 0 Å². The smallest absolute Gasteiger partial charge is 0.246 e. The van der Waals surface area contributed by atoms with Gasteiger partial charge in [-0.3, -0.25) is 4.79 Å². The second kappa shape index (κ2) is 6.66. The molecule has 1 heterocycles. The van der Waals surface area contributed by atoms with Gasteiger partial charge in [0.2, 0.25) is 5.91 Å². The Morgan fingerprint density at radius 2 is 2.05 bits per heavy atom. The Hall–Kier alpha value is -1.61. The molecule has 1 aliphatic heterocycles. The second-order valence-electron chi connectivity index (χ2n) is 6.65. The Balaban J connectivity index is 1.63. The Kier molecular flexibility index (Phi) is 4.63. The highest BCUT2D eigenvalue weighted by molar-refractivity contribution is 5.88. The standard InChI is InChI=1S/C19H25NO2/c1-14(15-9-10-15)12-19(22)20-11-5-8-17(20)13-18(21)16-6-3-2-4-7-16/h2-4,6-7,12,15,17-18,21H,5,8-11,13H2,1H3/b14-12-. The maximum atomic E-state index is 12.5. The number of nitrogens with zero attached hydrogens (tertiary/aromatic N) is 1. The van der Waals surface area contributed by atoms with Gasteiger partial charge in [0, 0.05) is 18.7 Å². The number of carbonyl (C=O) groups excluding carboxylic acids is 1. The molecule has 3 nitrogen and oxygen atoms in total. The topological polar surface area (TPSA) is 40.5 Å². The van der Waals surface area contributed by atoms with E-state index in [9.17, 15) is 9.90 Å². The zero-order valence-corrected chi connectivity index (χ0v) is 13.2. The molecule has 2 aliphatic rings. The molecule has 0 aromatic heterocycles. The number of aliphatic hydroxyl groups excluding tert-OH is 1. The SMILES string of the molecule is C/C(=C/C(=O)N1CCCC1CC(O)c1ccccc1)C1CC1. The van der Waals surface area contributed by atoms with E-state index in [1.165, 1.54) is 18.4 Å². The van der Waals surface area contributed by atoms with Gasteiger partial charge in [-0.15, -0.1) is 0 Å². The van der Waals surface area contributed by atoms with Crippen molar-refractivity contribution in [2.45, 2.75) is 51.2 Å². The third-order valence-electron chi connectivity index (χ3n) is 4.91. The van der Waals surface area contributed by atoms with Crippen molar-refractivity contribution in [2.24, 2.45) is 5.92 Å². The molecule has 2 fully saturated rings. The van der Waals surface area contributed by atoms with Crippen molar-refractivity contribution in [3.8, 4) is 0 Å². The van der Waals surface area contributed by atoms with Crippen LogP contribution in [-0.4, -0.2) is 28.5 Å². The molecule has 22 heavy (non-hydrogen) atoms. The molecule has 1 aromatic carbocycles. The van der Waals surface area contributed by atoms with Gasteiger partial charge >= 0.3 is 0 Å². The van der Waals surface area contributed by atoms with Crippen LogP contribution in [-0.2, 0) is 4.79 Å². The number of likely N-dealkylation sites (tertiary alicyclic amines) is 1. The van der Waals surface area contributed by atoms with Gasteiger partial charge in [-0.25, -0.2) is 0 Å². The summed E-state index contributed by atoms with van der Waals surface area (Å²) >= 11 is 0. The van der Waals surface area contributed by atoms with Gasteiger partial charge in [0.25, 0.3) is 0 Å². The third kappa shape index (κ3) is 3.58. The number of hydrogen-bond donors (Lipinski definition) is 1. The number of amides is 1.